The van der Waals surface area contributed by atoms with Crippen LogP contribution in [0.15, 0.2) is 41.9 Å². The lowest BCUT2D eigenvalue weighted by Gasteiger charge is -2.14. The molecule has 3 heterocycles. The summed E-state index contributed by atoms with van der Waals surface area (Å²) in [6.07, 6.45) is 6.03. The molecule has 1 saturated heterocycles. The number of likely N-dealkylation sites (tertiary alicyclic amines) is 1. The van der Waals surface area contributed by atoms with Crippen LogP contribution in [0.1, 0.15) is 24.1 Å². The van der Waals surface area contributed by atoms with Gasteiger partial charge in [-0.15, -0.1) is 11.3 Å². The summed E-state index contributed by atoms with van der Waals surface area (Å²) in [5, 5.41) is 7.15. The van der Waals surface area contributed by atoms with Gasteiger partial charge in [0, 0.05) is 23.1 Å². The number of rotatable bonds is 7. The number of hydrogen-bond acceptors (Lipinski definition) is 3. The third-order valence-corrected chi connectivity index (χ3v) is 5.80. The van der Waals surface area contributed by atoms with Crippen LogP contribution < -0.4 is 5.32 Å². The zero-order chi connectivity index (χ0) is 16.2. The predicted octanol–water partition coefficient (Wildman–Crippen LogP) is 4.47. The predicted molar refractivity (Wildman–Crippen MR) is 104 cm³/mol. The van der Waals surface area contributed by atoms with Gasteiger partial charge in [0.1, 0.15) is 0 Å². The Kier molecular flexibility index (Phi) is 4.97. The Morgan fingerprint density at radius 2 is 2.00 bits per heavy atom. The van der Waals surface area contributed by atoms with Gasteiger partial charge in [-0.05, 0) is 91.6 Å². The first-order valence-corrected chi connectivity index (χ1v) is 9.84. The Morgan fingerprint density at radius 3 is 2.92 bits per heavy atom. The molecule has 1 aliphatic rings. The largest absolute Gasteiger partial charge is 0.361 e. The number of aromatic nitrogens is 1. The fourth-order valence-electron chi connectivity index (χ4n) is 3.50. The summed E-state index contributed by atoms with van der Waals surface area (Å²) in [6.45, 7) is 5.95. The van der Waals surface area contributed by atoms with Gasteiger partial charge in [-0.1, -0.05) is 6.07 Å². The molecule has 1 fully saturated rings. The smallest absolute Gasteiger partial charge is 0.0454 e. The van der Waals surface area contributed by atoms with Gasteiger partial charge >= 0.3 is 0 Å². The second-order valence-corrected chi connectivity index (χ2v) is 7.66. The van der Waals surface area contributed by atoms with Crippen molar-refractivity contribution in [2.24, 2.45) is 0 Å². The van der Waals surface area contributed by atoms with E-state index in [1.807, 2.05) is 17.5 Å². The molecule has 3 aromatic rings. The number of nitrogens with one attached hydrogen (secondary N) is 2. The zero-order valence-electron chi connectivity index (χ0n) is 14.1. The Morgan fingerprint density at radius 1 is 1.08 bits per heavy atom. The number of fused-ring (bicyclic) bond motifs is 1. The molecule has 0 unspecified atom stereocenters. The van der Waals surface area contributed by atoms with Gasteiger partial charge in [-0.25, -0.2) is 0 Å². The van der Waals surface area contributed by atoms with E-state index in [-0.39, 0.29) is 0 Å². The van der Waals surface area contributed by atoms with Crippen molar-refractivity contribution in [2.45, 2.75) is 25.8 Å². The van der Waals surface area contributed by atoms with Crippen LogP contribution in [0.4, 0.5) is 0 Å². The third kappa shape index (κ3) is 3.72. The molecule has 1 aliphatic heterocycles. The number of aromatic amines is 1. The minimum atomic E-state index is 0.983. The summed E-state index contributed by atoms with van der Waals surface area (Å²) in [4.78, 5) is 7.25. The fraction of sp³-hybridized carbons (Fsp3) is 0.400. The number of benzene rings is 1. The average Bonchev–Trinajstić information content (AvgIpc) is 3.35. The molecule has 126 valence electrons. The lowest BCUT2D eigenvalue weighted by Crippen LogP contribution is -2.24. The number of H-pyrrole nitrogens is 1. The van der Waals surface area contributed by atoms with E-state index in [9.17, 15) is 0 Å². The monoisotopic (exact) mass is 339 g/mol. The summed E-state index contributed by atoms with van der Waals surface area (Å²) in [5.41, 5.74) is 3.84. The van der Waals surface area contributed by atoms with E-state index >= 15 is 0 Å². The van der Waals surface area contributed by atoms with Gasteiger partial charge in [0.15, 0.2) is 0 Å². The molecule has 0 radical (unpaired) electrons. The van der Waals surface area contributed by atoms with Crippen LogP contribution in [-0.2, 0) is 6.54 Å². The molecule has 2 aromatic heterocycles. The summed E-state index contributed by atoms with van der Waals surface area (Å²) >= 11 is 1.85. The van der Waals surface area contributed by atoms with Crippen LogP contribution in [0.5, 0.6) is 0 Å². The standard InChI is InChI=1S/C20H25N3S/c1-2-10-23(9-1)11-3-7-21-14-19-13-18(15-24-19)16-4-5-20-17(12-16)6-8-22-20/h4-6,8,12-13,15,21-22H,1-3,7,9-11,14H2. The first kappa shape index (κ1) is 15.9. The van der Waals surface area contributed by atoms with Crippen LogP contribution in [0.25, 0.3) is 22.0 Å². The summed E-state index contributed by atoms with van der Waals surface area (Å²) in [5.74, 6) is 0. The van der Waals surface area contributed by atoms with E-state index in [0.717, 1.165) is 13.1 Å². The molecule has 0 aliphatic carbocycles. The SMILES string of the molecule is c1cc2cc(-c3csc(CNCCCN4CCCC4)c3)ccc2[nH]1. The molecule has 1 aromatic carbocycles. The minimum absolute atomic E-state index is 0.983. The van der Waals surface area contributed by atoms with E-state index in [2.05, 4.69) is 50.9 Å². The number of thiophene rings is 1. The molecule has 4 heteroatoms. The molecule has 3 nitrogen and oxygen atoms in total. The van der Waals surface area contributed by atoms with Crippen molar-refractivity contribution in [3.63, 3.8) is 0 Å². The van der Waals surface area contributed by atoms with Crippen molar-refractivity contribution in [3.05, 3.63) is 46.8 Å². The maximum atomic E-state index is 3.59. The first-order chi connectivity index (χ1) is 11.9. The van der Waals surface area contributed by atoms with Crippen molar-refractivity contribution in [2.75, 3.05) is 26.2 Å². The Labute approximate surface area is 147 Å². The van der Waals surface area contributed by atoms with E-state index in [1.165, 1.54) is 65.8 Å². The maximum absolute atomic E-state index is 3.59. The van der Waals surface area contributed by atoms with Gasteiger partial charge in [0.05, 0.1) is 0 Å². The van der Waals surface area contributed by atoms with Crippen LogP contribution >= 0.6 is 11.3 Å². The summed E-state index contributed by atoms with van der Waals surface area (Å²) in [6, 6.07) is 11.1. The first-order valence-electron chi connectivity index (χ1n) is 8.96. The molecule has 0 spiro atoms. The van der Waals surface area contributed by atoms with Crippen molar-refractivity contribution in [1.29, 1.82) is 0 Å². The van der Waals surface area contributed by atoms with Gasteiger partial charge in [-0.3, -0.25) is 0 Å². The van der Waals surface area contributed by atoms with Crippen LogP contribution in [0.3, 0.4) is 0 Å². The van der Waals surface area contributed by atoms with Crippen molar-refractivity contribution < 1.29 is 0 Å². The van der Waals surface area contributed by atoms with E-state index in [1.54, 1.807) is 0 Å². The van der Waals surface area contributed by atoms with Crippen molar-refractivity contribution in [1.82, 2.24) is 15.2 Å². The number of nitrogens with zero attached hydrogens (tertiary/aromatic N) is 1. The quantitative estimate of drug-likeness (QED) is 0.622. The molecule has 2 N–H and O–H groups in total. The Balaban J connectivity index is 1.28. The van der Waals surface area contributed by atoms with Crippen LogP contribution in [0, 0.1) is 0 Å². The highest BCUT2D eigenvalue weighted by molar-refractivity contribution is 7.10. The molecule has 4 rings (SSSR count). The van der Waals surface area contributed by atoms with Crippen LogP contribution in [-0.4, -0.2) is 36.1 Å². The second-order valence-electron chi connectivity index (χ2n) is 6.66. The Hall–Kier alpha value is -1.62. The summed E-state index contributed by atoms with van der Waals surface area (Å²) in [7, 11) is 0. The second kappa shape index (κ2) is 7.51. The highest BCUT2D eigenvalue weighted by Crippen LogP contribution is 2.28. The molecule has 0 saturated carbocycles. The average molecular weight is 340 g/mol. The number of hydrogen-bond donors (Lipinski definition) is 2. The van der Waals surface area contributed by atoms with Gasteiger partial charge < -0.3 is 15.2 Å². The molecule has 0 bridgehead atoms. The topological polar surface area (TPSA) is 31.1 Å². The van der Waals surface area contributed by atoms with Gasteiger partial charge in [0.2, 0.25) is 0 Å². The van der Waals surface area contributed by atoms with Crippen molar-refractivity contribution in [3.8, 4) is 11.1 Å². The molecule has 0 atom stereocenters. The van der Waals surface area contributed by atoms with E-state index in [4.69, 9.17) is 0 Å². The Bertz CT molecular complexity index is 783. The maximum Gasteiger partial charge on any atom is 0.0454 e. The molecular weight excluding hydrogens is 314 g/mol. The van der Waals surface area contributed by atoms with Gasteiger partial charge in [0.25, 0.3) is 0 Å². The van der Waals surface area contributed by atoms with E-state index in [0.29, 0.717) is 0 Å². The molecule has 24 heavy (non-hydrogen) atoms. The van der Waals surface area contributed by atoms with Gasteiger partial charge in [-0.2, -0.15) is 0 Å². The van der Waals surface area contributed by atoms with Crippen molar-refractivity contribution >= 4 is 22.2 Å². The highest BCUT2D eigenvalue weighted by atomic mass is 32.1. The summed E-state index contributed by atoms with van der Waals surface area (Å²) < 4.78 is 0. The van der Waals surface area contributed by atoms with Crippen LogP contribution in [0.2, 0.25) is 0 Å². The van der Waals surface area contributed by atoms with E-state index < -0.39 is 0 Å². The lowest BCUT2D eigenvalue weighted by atomic mass is 10.1. The zero-order valence-corrected chi connectivity index (χ0v) is 14.9. The lowest BCUT2D eigenvalue weighted by molar-refractivity contribution is 0.331. The molecular formula is C20H25N3S. The minimum Gasteiger partial charge on any atom is -0.361 e. The third-order valence-electron chi connectivity index (χ3n) is 4.87. The highest BCUT2D eigenvalue weighted by Gasteiger charge is 2.10. The normalized spacial score (nSPS) is 15.5. The molecule has 0 amide bonds. The fourth-order valence-corrected chi connectivity index (χ4v) is 4.37.